The molecule has 1 aromatic heterocycles. The van der Waals surface area contributed by atoms with Crippen molar-refractivity contribution in [2.24, 2.45) is 0 Å². The first-order valence-corrected chi connectivity index (χ1v) is 5.50. The number of carboxylic acids is 1. The summed E-state index contributed by atoms with van der Waals surface area (Å²) in [5.74, 6) is -1.36. The molecule has 18 heavy (non-hydrogen) atoms. The number of benzene rings is 1. The molecule has 0 fully saturated rings. The van der Waals surface area contributed by atoms with Crippen molar-refractivity contribution in [1.82, 2.24) is 15.5 Å². The summed E-state index contributed by atoms with van der Waals surface area (Å²) in [7, 11) is 0. The number of hydrogen-bond acceptors (Lipinski definition) is 3. The number of aliphatic carboxylic acids is 1. The average Bonchev–Trinajstić information content (AvgIpc) is 2.75. The van der Waals surface area contributed by atoms with E-state index in [2.05, 4.69) is 15.5 Å². The van der Waals surface area contributed by atoms with Crippen molar-refractivity contribution >= 4 is 22.8 Å². The van der Waals surface area contributed by atoms with Crippen LogP contribution in [0.1, 0.15) is 12.5 Å². The van der Waals surface area contributed by atoms with Crippen LogP contribution in [0, 0.1) is 0 Å². The maximum absolute atomic E-state index is 11.6. The van der Waals surface area contributed by atoms with E-state index >= 15 is 0 Å². The summed E-state index contributed by atoms with van der Waals surface area (Å²) in [6, 6.07) is 4.63. The molecule has 0 spiro atoms. The van der Waals surface area contributed by atoms with Crippen molar-refractivity contribution in [3.05, 3.63) is 30.0 Å². The van der Waals surface area contributed by atoms with Crippen molar-refractivity contribution < 1.29 is 14.7 Å². The van der Waals surface area contributed by atoms with Gasteiger partial charge in [0.05, 0.1) is 18.1 Å². The van der Waals surface area contributed by atoms with Crippen LogP contribution in [-0.4, -0.2) is 33.2 Å². The fourth-order valence-electron chi connectivity index (χ4n) is 1.63. The molecule has 1 heterocycles. The number of carbonyl (C=O) groups is 2. The van der Waals surface area contributed by atoms with Gasteiger partial charge in [0.25, 0.3) is 0 Å². The lowest BCUT2D eigenvalue weighted by Gasteiger charge is -2.09. The molecular formula is C12H13N3O3. The zero-order chi connectivity index (χ0) is 13.1. The second-order valence-electron chi connectivity index (χ2n) is 4.10. The highest BCUT2D eigenvalue weighted by Gasteiger charge is 2.14. The van der Waals surface area contributed by atoms with E-state index in [4.69, 9.17) is 5.11 Å². The van der Waals surface area contributed by atoms with E-state index in [9.17, 15) is 9.59 Å². The first kappa shape index (κ1) is 12.1. The molecule has 1 amide bonds. The molecule has 0 saturated heterocycles. The zero-order valence-corrected chi connectivity index (χ0v) is 9.80. The summed E-state index contributed by atoms with van der Waals surface area (Å²) in [4.78, 5) is 22.2. The Hall–Kier alpha value is -2.37. The van der Waals surface area contributed by atoms with Gasteiger partial charge in [0, 0.05) is 5.39 Å². The molecule has 0 aliphatic rings. The molecule has 0 aliphatic heterocycles. The quantitative estimate of drug-likeness (QED) is 0.741. The van der Waals surface area contributed by atoms with Gasteiger partial charge < -0.3 is 10.4 Å². The Morgan fingerprint density at radius 1 is 1.50 bits per heavy atom. The molecule has 6 nitrogen and oxygen atoms in total. The van der Waals surface area contributed by atoms with E-state index in [1.165, 1.54) is 6.92 Å². The van der Waals surface area contributed by atoms with Gasteiger partial charge in [-0.15, -0.1) is 0 Å². The van der Waals surface area contributed by atoms with Gasteiger partial charge in [-0.1, -0.05) is 12.1 Å². The number of rotatable bonds is 4. The van der Waals surface area contributed by atoms with E-state index in [1.54, 1.807) is 6.20 Å². The van der Waals surface area contributed by atoms with Crippen molar-refractivity contribution in [2.45, 2.75) is 19.4 Å². The fourth-order valence-corrected chi connectivity index (χ4v) is 1.63. The molecule has 0 radical (unpaired) electrons. The van der Waals surface area contributed by atoms with Crippen LogP contribution in [0.4, 0.5) is 0 Å². The summed E-state index contributed by atoms with van der Waals surface area (Å²) in [6.07, 6.45) is 1.85. The average molecular weight is 247 g/mol. The molecule has 3 N–H and O–H groups in total. The number of H-pyrrole nitrogens is 1. The normalized spacial score (nSPS) is 12.3. The minimum absolute atomic E-state index is 0.145. The van der Waals surface area contributed by atoms with E-state index in [-0.39, 0.29) is 12.3 Å². The van der Waals surface area contributed by atoms with Crippen LogP contribution in [0.2, 0.25) is 0 Å². The topological polar surface area (TPSA) is 95.1 Å². The molecule has 0 aliphatic carbocycles. The summed E-state index contributed by atoms with van der Waals surface area (Å²) < 4.78 is 0. The molecule has 1 aromatic carbocycles. The highest BCUT2D eigenvalue weighted by Crippen LogP contribution is 2.13. The highest BCUT2D eigenvalue weighted by molar-refractivity contribution is 5.86. The number of hydrogen-bond donors (Lipinski definition) is 3. The van der Waals surface area contributed by atoms with Crippen molar-refractivity contribution in [3.8, 4) is 0 Å². The summed E-state index contributed by atoms with van der Waals surface area (Å²) in [5, 5.41) is 18.8. The number of carbonyl (C=O) groups excluding carboxylic acids is 1. The van der Waals surface area contributed by atoms with Gasteiger partial charge in [0.1, 0.15) is 6.04 Å². The number of nitrogens with zero attached hydrogens (tertiary/aromatic N) is 1. The van der Waals surface area contributed by atoms with Crippen LogP contribution in [0.15, 0.2) is 24.4 Å². The molecular weight excluding hydrogens is 234 g/mol. The zero-order valence-electron chi connectivity index (χ0n) is 9.80. The Kier molecular flexibility index (Phi) is 3.27. The first-order valence-electron chi connectivity index (χ1n) is 5.50. The van der Waals surface area contributed by atoms with E-state index in [1.807, 2.05) is 18.2 Å². The van der Waals surface area contributed by atoms with E-state index in [0.717, 1.165) is 16.5 Å². The third-order valence-corrected chi connectivity index (χ3v) is 2.62. The Morgan fingerprint density at radius 2 is 2.28 bits per heavy atom. The number of nitrogens with one attached hydrogen (secondary N) is 2. The lowest BCUT2D eigenvalue weighted by atomic mass is 10.1. The molecule has 0 unspecified atom stereocenters. The second-order valence-corrected chi connectivity index (χ2v) is 4.10. The van der Waals surface area contributed by atoms with Crippen LogP contribution >= 0.6 is 0 Å². The smallest absolute Gasteiger partial charge is 0.325 e. The van der Waals surface area contributed by atoms with Gasteiger partial charge in [-0.05, 0) is 18.6 Å². The summed E-state index contributed by atoms with van der Waals surface area (Å²) in [6.45, 7) is 1.43. The molecule has 1 atom stereocenters. The van der Waals surface area contributed by atoms with Crippen LogP contribution in [-0.2, 0) is 16.0 Å². The molecule has 6 heteroatoms. The lowest BCUT2D eigenvalue weighted by Crippen LogP contribution is -2.39. The molecule has 94 valence electrons. The van der Waals surface area contributed by atoms with Crippen molar-refractivity contribution in [2.75, 3.05) is 0 Å². The highest BCUT2D eigenvalue weighted by atomic mass is 16.4. The minimum atomic E-state index is -1.05. The third kappa shape index (κ3) is 2.65. The van der Waals surface area contributed by atoms with Crippen molar-refractivity contribution in [1.29, 1.82) is 0 Å². The SMILES string of the molecule is C[C@@H](NC(=O)Cc1ccc2cn[nH]c2c1)C(=O)O. The molecule has 2 aromatic rings. The van der Waals surface area contributed by atoms with Gasteiger partial charge in [-0.3, -0.25) is 14.7 Å². The van der Waals surface area contributed by atoms with Crippen LogP contribution < -0.4 is 5.32 Å². The van der Waals surface area contributed by atoms with Crippen molar-refractivity contribution in [3.63, 3.8) is 0 Å². The Morgan fingerprint density at radius 3 is 3.00 bits per heavy atom. The van der Waals surface area contributed by atoms with E-state index < -0.39 is 12.0 Å². The van der Waals surface area contributed by atoms with Gasteiger partial charge in [0.15, 0.2) is 0 Å². The largest absolute Gasteiger partial charge is 0.480 e. The predicted octanol–water partition coefficient (Wildman–Crippen LogP) is 0.695. The Bertz CT molecular complexity index is 591. The maximum atomic E-state index is 11.6. The summed E-state index contributed by atoms with van der Waals surface area (Å²) in [5.41, 5.74) is 1.66. The Labute approximate surface area is 103 Å². The lowest BCUT2D eigenvalue weighted by molar-refractivity contribution is -0.141. The Balaban J connectivity index is 2.04. The predicted molar refractivity (Wildman–Crippen MR) is 65.0 cm³/mol. The maximum Gasteiger partial charge on any atom is 0.325 e. The van der Waals surface area contributed by atoms with E-state index in [0.29, 0.717) is 0 Å². The fraction of sp³-hybridized carbons (Fsp3) is 0.250. The standard InChI is InChI=1S/C12H13N3O3/c1-7(12(17)18)14-11(16)5-8-2-3-9-6-13-15-10(9)4-8/h2-4,6-7H,5H2,1H3,(H,13,15)(H,14,16)(H,17,18)/t7-/m1/s1. The molecule has 0 bridgehead atoms. The first-order chi connectivity index (χ1) is 8.56. The van der Waals surface area contributed by atoms with Gasteiger partial charge in [-0.25, -0.2) is 0 Å². The monoisotopic (exact) mass is 247 g/mol. The number of carboxylic acid groups (broad SMARTS) is 1. The number of amides is 1. The number of aromatic amines is 1. The minimum Gasteiger partial charge on any atom is -0.480 e. The second kappa shape index (κ2) is 4.87. The number of fused-ring (bicyclic) bond motifs is 1. The third-order valence-electron chi connectivity index (χ3n) is 2.62. The molecule has 2 rings (SSSR count). The van der Waals surface area contributed by atoms with Gasteiger partial charge in [-0.2, -0.15) is 5.10 Å². The van der Waals surface area contributed by atoms with Gasteiger partial charge in [0.2, 0.25) is 5.91 Å². The van der Waals surface area contributed by atoms with Gasteiger partial charge >= 0.3 is 5.97 Å². The molecule has 0 saturated carbocycles. The van der Waals surface area contributed by atoms with Crippen LogP contribution in [0.5, 0.6) is 0 Å². The van der Waals surface area contributed by atoms with Crippen LogP contribution in [0.3, 0.4) is 0 Å². The van der Waals surface area contributed by atoms with Crippen LogP contribution in [0.25, 0.3) is 10.9 Å². The number of aromatic nitrogens is 2. The summed E-state index contributed by atoms with van der Waals surface area (Å²) >= 11 is 0.